The van der Waals surface area contributed by atoms with Gasteiger partial charge in [-0.05, 0) is 76.5 Å². The molecule has 0 spiro atoms. The molecule has 7 heteroatoms. The molecule has 3 rings (SSSR count). The van der Waals surface area contributed by atoms with Gasteiger partial charge in [0.2, 0.25) is 0 Å². The molecule has 168 valence electrons. The number of esters is 1. The molecule has 0 aliphatic carbocycles. The van der Waals surface area contributed by atoms with E-state index in [-0.39, 0.29) is 18.5 Å². The van der Waals surface area contributed by atoms with Gasteiger partial charge in [0.05, 0.1) is 19.6 Å². The highest BCUT2D eigenvalue weighted by Crippen LogP contribution is 2.29. The maximum atomic E-state index is 11.9. The Hall–Kier alpha value is -1.83. The van der Waals surface area contributed by atoms with Crippen molar-refractivity contribution in [2.24, 2.45) is 5.92 Å². The third kappa shape index (κ3) is 6.59. The molecular formula is C23H36N2O5. The predicted molar refractivity (Wildman–Crippen MR) is 115 cm³/mol. The average Bonchev–Trinajstić information content (AvgIpc) is 3.26. The number of hydrogen-bond donors (Lipinski definition) is 1. The first-order valence-corrected chi connectivity index (χ1v) is 11.2. The molecule has 2 aliphatic rings. The summed E-state index contributed by atoms with van der Waals surface area (Å²) < 4.78 is 16.5. The number of likely N-dealkylation sites (tertiary alicyclic amines) is 2. The molecular weight excluding hydrogens is 384 g/mol. The van der Waals surface area contributed by atoms with Crippen LogP contribution in [-0.2, 0) is 16.1 Å². The van der Waals surface area contributed by atoms with E-state index in [1.807, 2.05) is 25.1 Å². The van der Waals surface area contributed by atoms with Gasteiger partial charge in [-0.15, -0.1) is 0 Å². The summed E-state index contributed by atoms with van der Waals surface area (Å²) in [7, 11) is 1.63. The first-order valence-electron chi connectivity index (χ1n) is 11.2. The van der Waals surface area contributed by atoms with Gasteiger partial charge in [0.1, 0.15) is 12.7 Å². The van der Waals surface area contributed by atoms with Crippen LogP contribution in [0.4, 0.5) is 0 Å². The molecule has 0 amide bonds. The number of carbonyl (C=O) groups excluding carboxylic acids is 1. The molecule has 1 aromatic rings. The van der Waals surface area contributed by atoms with Crippen LogP contribution in [-0.4, -0.2) is 80.0 Å². The fourth-order valence-corrected chi connectivity index (χ4v) is 4.28. The molecule has 1 N–H and O–H groups in total. The quantitative estimate of drug-likeness (QED) is 0.583. The van der Waals surface area contributed by atoms with Crippen molar-refractivity contribution in [3.63, 3.8) is 0 Å². The van der Waals surface area contributed by atoms with Crippen LogP contribution in [0.3, 0.4) is 0 Å². The first-order chi connectivity index (χ1) is 14.6. The molecule has 2 saturated heterocycles. The molecule has 30 heavy (non-hydrogen) atoms. The monoisotopic (exact) mass is 420 g/mol. The van der Waals surface area contributed by atoms with Crippen molar-refractivity contribution in [1.29, 1.82) is 0 Å². The second-order valence-electron chi connectivity index (χ2n) is 8.26. The number of benzene rings is 1. The van der Waals surface area contributed by atoms with E-state index in [4.69, 9.17) is 14.2 Å². The van der Waals surface area contributed by atoms with Gasteiger partial charge in [-0.3, -0.25) is 9.69 Å². The highest BCUT2D eigenvalue weighted by Gasteiger charge is 2.26. The summed E-state index contributed by atoms with van der Waals surface area (Å²) in [6.07, 6.45) is 3.57. The fraction of sp³-hybridized carbons (Fsp3) is 0.696. The lowest BCUT2D eigenvalue weighted by Crippen LogP contribution is -2.36. The van der Waals surface area contributed by atoms with Crippen LogP contribution in [0.1, 0.15) is 38.2 Å². The van der Waals surface area contributed by atoms with Crippen molar-refractivity contribution in [3.05, 3.63) is 23.8 Å². The standard InChI is InChI=1S/C23H36N2O5/c1-3-29-23(27)19-8-12-25(13-9-19)15-18-6-7-21(28-2)22(14-18)30-17-20(26)16-24-10-4-5-11-24/h6-7,14,19-20,26H,3-5,8-13,15-17H2,1-2H3. The average molecular weight is 421 g/mol. The van der Waals surface area contributed by atoms with Crippen molar-refractivity contribution < 1.29 is 24.1 Å². The Bertz CT molecular complexity index is 670. The highest BCUT2D eigenvalue weighted by atomic mass is 16.5. The van der Waals surface area contributed by atoms with Gasteiger partial charge in [-0.1, -0.05) is 6.07 Å². The Labute approximate surface area is 179 Å². The van der Waals surface area contributed by atoms with Crippen molar-refractivity contribution in [1.82, 2.24) is 9.80 Å². The van der Waals surface area contributed by atoms with E-state index < -0.39 is 6.10 Å². The zero-order valence-corrected chi connectivity index (χ0v) is 18.3. The molecule has 0 aromatic heterocycles. The van der Waals surface area contributed by atoms with Crippen LogP contribution >= 0.6 is 0 Å². The van der Waals surface area contributed by atoms with Crippen LogP contribution in [0.15, 0.2) is 18.2 Å². The maximum Gasteiger partial charge on any atom is 0.309 e. The summed E-state index contributed by atoms with van der Waals surface area (Å²) in [6, 6.07) is 5.96. The minimum Gasteiger partial charge on any atom is -0.493 e. The number of nitrogens with zero attached hydrogens (tertiary/aromatic N) is 2. The zero-order chi connectivity index (χ0) is 21.3. The second-order valence-corrected chi connectivity index (χ2v) is 8.26. The number of aliphatic hydroxyl groups excluding tert-OH is 1. The van der Waals surface area contributed by atoms with Crippen LogP contribution in [0.5, 0.6) is 11.5 Å². The highest BCUT2D eigenvalue weighted by molar-refractivity contribution is 5.72. The molecule has 7 nitrogen and oxygen atoms in total. The summed E-state index contributed by atoms with van der Waals surface area (Å²) in [5.41, 5.74) is 1.13. The Morgan fingerprint density at radius 3 is 2.53 bits per heavy atom. The minimum absolute atomic E-state index is 0.0213. The Kier molecular flexibility index (Phi) is 8.78. The van der Waals surface area contributed by atoms with E-state index in [0.717, 1.165) is 51.1 Å². The van der Waals surface area contributed by atoms with E-state index >= 15 is 0 Å². The molecule has 0 bridgehead atoms. The van der Waals surface area contributed by atoms with Gasteiger partial charge in [-0.2, -0.15) is 0 Å². The summed E-state index contributed by atoms with van der Waals surface area (Å²) in [5.74, 6) is 1.29. The normalized spacial score (nSPS) is 19.6. The van der Waals surface area contributed by atoms with Gasteiger partial charge >= 0.3 is 5.97 Å². The predicted octanol–water partition coefficient (Wildman–Crippen LogP) is 2.31. The van der Waals surface area contributed by atoms with Crippen molar-refractivity contribution in [3.8, 4) is 11.5 Å². The molecule has 2 heterocycles. The molecule has 0 radical (unpaired) electrons. The third-order valence-electron chi connectivity index (χ3n) is 5.94. The van der Waals surface area contributed by atoms with Crippen LogP contribution in [0.25, 0.3) is 0 Å². The Morgan fingerprint density at radius 1 is 1.13 bits per heavy atom. The third-order valence-corrected chi connectivity index (χ3v) is 5.94. The number of carbonyl (C=O) groups is 1. The van der Waals surface area contributed by atoms with E-state index in [0.29, 0.717) is 24.7 Å². The molecule has 2 aliphatic heterocycles. The zero-order valence-electron chi connectivity index (χ0n) is 18.3. The fourth-order valence-electron chi connectivity index (χ4n) is 4.28. The Morgan fingerprint density at radius 2 is 1.87 bits per heavy atom. The molecule has 1 unspecified atom stereocenters. The number of piperidine rings is 1. The van der Waals surface area contributed by atoms with E-state index in [1.165, 1.54) is 12.8 Å². The van der Waals surface area contributed by atoms with Crippen molar-refractivity contribution in [2.45, 2.75) is 45.3 Å². The molecule has 0 saturated carbocycles. The van der Waals surface area contributed by atoms with Crippen molar-refractivity contribution >= 4 is 5.97 Å². The number of methoxy groups -OCH3 is 1. The maximum absolute atomic E-state index is 11.9. The van der Waals surface area contributed by atoms with Crippen LogP contribution < -0.4 is 9.47 Å². The smallest absolute Gasteiger partial charge is 0.309 e. The van der Waals surface area contributed by atoms with Crippen LogP contribution in [0, 0.1) is 5.92 Å². The topological polar surface area (TPSA) is 71.5 Å². The molecule has 1 aromatic carbocycles. The SMILES string of the molecule is CCOC(=O)C1CCN(Cc2ccc(OC)c(OCC(O)CN3CCCC3)c2)CC1. The van der Waals surface area contributed by atoms with Gasteiger partial charge in [-0.25, -0.2) is 0 Å². The minimum atomic E-state index is -0.515. The number of hydrogen-bond acceptors (Lipinski definition) is 7. The van der Waals surface area contributed by atoms with Gasteiger partial charge in [0.25, 0.3) is 0 Å². The van der Waals surface area contributed by atoms with E-state index in [1.54, 1.807) is 7.11 Å². The lowest BCUT2D eigenvalue weighted by atomic mass is 9.96. The van der Waals surface area contributed by atoms with Gasteiger partial charge in [0, 0.05) is 13.1 Å². The van der Waals surface area contributed by atoms with Gasteiger partial charge < -0.3 is 24.2 Å². The van der Waals surface area contributed by atoms with E-state index in [9.17, 15) is 9.90 Å². The van der Waals surface area contributed by atoms with E-state index in [2.05, 4.69) is 9.80 Å². The lowest BCUT2D eigenvalue weighted by molar-refractivity contribution is -0.149. The van der Waals surface area contributed by atoms with Gasteiger partial charge in [0.15, 0.2) is 11.5 Å². The van der Waals surface area contributed by atoms with Crippen molar-refractivity contribution in [2.75, 3.05) is 53.0 Å². The summed E-state index contributed by atoms with van der Waals surface area (Å²) in [5, 5.41) is 10.3. The van der Waals surface area contributed by atoms with Crippen LogP contribution in [0.2, 0.25) is 0 Å². The number of β-amino-alcohol motifs (C(OH)–C–C–N with tert-alkyl or cyclic N) is 1. The first kappa shape index (κ1) is 22.8. The summed E-state index contributed by atoms with van der Waals surface area (Å²) in [4.78, 5) is 16.5. The lowest BCUT2D eigenvalue weighted by Gasteiger charge is -2.31. The second kappa shape index (κ2) is 11.5. The largest absolute Gasteiger partial charge is 0.493 e. The summed E-state index contributed by atoms with van der Waals surface area (Å²) >= 11 is 0. The number of rotatable bonds is 10. The number of aliphatic hydroxyl groups is 1. The number of ether oxygens (including phenoxy) is 3. The summed E-state index contributed by atoms with van der Waals surface area (Å²) in [6.45, 7) is 7.86. The molecule has 2 fully saturated rings. The Balaban J connectivity index is 1.50. The molecule has 1 atom stereocenters.